The van der Waals surface area contributed by atoms with E-state index in [1.807, 2.05) is 31.2 Å². The smallest absolute Gasteiger partial charge is 0.326 e. The first-order valence-electron chi connectivity index (χ1n) is 8.78. The van der Waals surface area contributed by atoms with Crippen LogP contribution in [0.15, 0.2) is 41.2 Å². The number of benzene rings is 1. The topological polar surface area (TPSA) is 61.2 Å². The molecule has 2 heterocycles. The Morgan fingerprint density at radius 1 is 1.27 bits per heavy atom. The van der Waals surface area contributed by atoms with Gasteiger partial charge in [-0.05, 0) is 37.8 Å². The maximum Gasteiger partial charge on any atom is 0.326 e. The van der Waals surface area contributed by atoms with Gasteiger partial charge in [0, 0.05) is 4.88 Å². The molecule has 0 spiro atoms. The summed E-state index contributed by atoms with van der Waals surface area (Å²) in [7, 11) is 0. The molecule has 0 aliphatic carbocycles. The SMILES string of the molecule is CCc1cc2c(=O)n(CC(=O)OCCCc3ccccc3)c(C)nc2s1. The number of carbonyl (C=O) groups is 1. The number of hydrogen-bond acceptors (Lipinski definition) is 5. The summed E-state index contributed by atoms with van der Waals surface area (Å²) in [6.45, 7) is 4.03. The molecule has 0 amide bonds. The van der Waals surface area contributed by atoms with Gasteiger partial charge < -0.3 is 4.74 Å². The Labute approximate surface area is 156 Å². The second kappa shape index (κ2) is 8.27. The number of fused-ring (bicyclic) bond motifs is 1. The quantitative estimate of drug-likeness (QED) is 0.472. The highest BCUT2D eigenvalue weighted by Crippen LogP contribution is 2.21. The third-order valence-corrected chi connectivity index (χ3v) is 5.42. The lowest BCUT2D eigenvalue weighted by atomic mass is 10.1. The molecule has 0 N–H and O–H groups in total. The Balaban J connectivity index is 1.61. The molecule has 5 nitrogen and oxygen atoms in total. The second-order valence-corrected chi connectivity index (χ2v) is 7.26. The van der Waals surface area contributed by atoms with Crippen LogP contribution in [0.4, 0.5) is 0 Å². The van der Waals surface area contributed by atoms with E-state index in [2.05, 4.69) is 17.1 Å². The molecule has 0 fully saturated rings. The van der Waals surface area contributed by atoms with Crippen LogP contribution in [0.2, 0.25) is 0 Å². The third-order valence-electron chi connectivity index (χ3n) is 4.24. The van der Waals surface area contributed by atoms with Gasteiger partial charge in [-0.3, -0.25) is 14.2 Å². The van der Waals surface area contributed by atoms with E-state index < -0.39 is 5.97 Å². The number of esters is 1. The zero-order valence-corrected chi connectivity index (χ0v) is 15.8. The minimum absolute atomic E-state index is 0.101. The highest BCUT2D eigenvalue weighted by atomic mass is 32.1. The van der Waals surface area contributed by atoms with Crippen molar-refractivity contribution in [1.82, 2.24) is 9.55 Å². The summed E-state index contributed by atoms with van der Waals surface area (Å²) < 4.78 is 6.69. The van der Waals surface area contributed by atoms with Gasteiger partial charge in [0.1, 0.15) is 17.2 Å². The molecule has 0 saturated heterocycles. The summed E-state index contributed by atoms with van der Waals surface area (Å²) in [5, 5.41) is 0.578. The van der Waals surface area contributed by atoms with Crippen molar-refractivity contribution in [3.63, 3.8) is 0 Å². The molecule has 0 aliphatic rings. The first-order valence-corrected chi connectivity index (χ1v) is 9.59. The maximum absolute atomic E-state index is 12.7. The van der Waals surface area contributed by atoms with Gasteiger partial charge in [-0.25, -0.2) is 4.98 Å². The number of thiophene rings is 1. The van der Waals surface area contributed by atoms with Gasteiger partial charge in [0.25, 0.3) is 5.56 Å². The normalized spacial score (nSPS) is 11.0. The van der Waals surface area contributed by atoms with Gasteiger partial charge in [0.15, 0.2) is 0 Å². The first-order chi connectivity index (χ1) is 12.6. The largest absolute Gasteiger partial charge is 0.464 e. The van der Waals surface area contributed by atoms with Crippen molar-refractivity contribution in [2.75, 3.05) is 6.61 Å². The predicted octanol–water partition coefficient (Wildman–Crippen LogP) is 3.50. The van der Waals surface area contributed by atoms with Crippen LogP contribution in [0.1, 0.15) is 29.6 Å². The second-order valence-electron chi connectivity index (χ2n) is 6.15. The molecule has 0 atom stereocenters. The number of hydrogen-bond donors (Lipinski definition) is 0. The molecule has 26 heavy (non-hydrogen) atoms. The minimum Gasteiger partial charge on any atom is -0.464 e. The monoisotopic (exact) mass is 370 g/mol. The molecule has 3 rings (SSSR count). The molecule has 0 bridgehead atoms. The molecular weight excluding hydrogens is 348 g/mol. The highest BCUT2D eigenvalue weighted by Gasteiger charge is 2.14. The zero-order valence-electron chi connectivity index (χ0n) is 15.0. The summed E-state index contributed by atoms with van der Waals surface area (Å²) in [6, 6.07) is 11.9. The van der Waals surface area contributed by atoms with Crippen LogP contribution in [0, 0.1) is 6.92 Å². The molecule has 2 aromatic heterocycles. The lowest BCUT2D eigenvalue weighted by molar-refractivity contribution is -0.144. The Morgan fingerprint density at radius 2 is 2.04 bits per heavy atom. The van der Waals surface area contributed by atoms with Crippen molar-refractivity contribution < 1.29 is 9.53 Å². The van der Waals surface area contributed by atoms with E-state index in [0.29, 0.717) is 17.8 Å². The molecule has 0 saturated carbocycles. The Hall–Kier alpha value is -2.47. The maximum atomic E-state index is 12.7. The summed E-state index contributed by atoms with van der Waals surface area (Å²) in [5.41, 5.74) is 1.04. The molecule has 0 unspecified atom stereocenters. The van der Waals surface area contributed by atoms with E-state index in [9.17, 15) is 9.59 Å². The Kier molecular flexibility index (Phi) is 5.83. The van der Waals surface area contributed by atoms with Crippen LogP contribution in [-0.2, 0) is 28.9 Å². The van der Waals surface area contributed by atoms with Gasteiger partial charge in [0.2, 0.25) is 0 Å². The average molecular weight is 370 g/mol. The number of aromatic nitrogens is 2. The molecule has 3 aromatic rings. The standard InChI is InChI=1S/C20H22N2O3S/c1-3-16-12-17-19(26-16)21-14(2)22(20(17)24)13-18(23)25-11-7-10-15-8-5-4-6-9-15/h4-6,8-9,12H,3,7,10-11,13H2,1-2H3. The average Bonchev–Trinajstić information content (AvgIpc) is 3.06. The van der Waals surface area contributed by atoms with Crippen molar-refractivity contribution in [2.45, 2.75) is 39.7 Å². The van der Waals surface area contributed by atoms with Gasteiger partial charge in [-0.2, -0.15) is 0 Å². The lowest BCUT2D eigenvalue weighted by Gasteiger charge is -2.09. The summed E-state index contributed by atoms with van der Waals surface area (Å²) in [4.78, 5) is 31.1. The first kappa shape index (κ1) is 18.3. The van der Waals surface area contributed by atoms with Crippen LogP contribution < -0.4 is 5.56 Å². The summed E-state index contributed by atoms with van der Waals surface area (Å²) in [5.74, 6) is 0.128. The molecular formula is C20H22N2O3S. The van der Waals surface area contributed by atoms with E-state index in [0.717, 1.165) is 29.0 Å². The fourth-order valence-electron chi connectivity index (χ4n) is 2.81. The Bertz CT molecular complexity index is 960. The van der Waals surface area contributed by atoms with Crippen LogP contribution in [0.25, 0.3) is 10.2 Å². The Morgan fingerprint density at radius 3 is 2.77 bits per heavy atom. The van der Waals surface area contributed by atoms with Gasteiger partial charge in [-0.15, -0.1) is 11.3 Å². The fraction of sp³-hybridized carbons (Fsp3) is 0.350. The summed E-state index contributed by atoms with van der Waals surface area (Å²) >= 11 is 1.53. The number of ether oxygens (including phenoxy) is 1. The van der Waals surface area contributed by atoms with E-state index in [4.69, 9.17) is 4.74 Å². The van der Waals surface area contributed by atoms with Gasteiger partial charge >= 0.3 is 5.97 Å². The van der Waals surface area contributed by atoms with Crippen LogP contribution >= 0.6 is 11.3 Å². The molecule has 6 heteroatoms. The molecule has 0 radical (unpaired) electrons. The van der Waals surface area contributed by atoms with E-state index in [1.165, 1.54) is 21.5 Å². The predicted molar refractivity (Wildman–Crippen MR) is 104 cm³/mol. The molecule has 0 aliphatic heterocycles. The highest BCUT2D eigenvalue weighted by molar-refractivity contribution is 7.18. The minimum atomic E-state index is -0.407. The van der Waals surface area contributed by atoms with Crippen LogP contribution in [-0.4, -0.2) is 22.1 Å². The van der Waals surface area contributed by atoms with E-state index >= 15 is 0 Å². The van der Waals surface area contributed by atoms with E-state index in [1.54, 1.807) is 6.92 Å². The van der Waals surface area contributed by atoms with Crippen molar-refractivity contribution >= 4 is 27.5 Å². The van der Waals surface area contributed by atoms with Gasteiger partial charge in [0.05, 0.1) is 12.0 Å². The summed E-state index contributed by atoms with van der Waals surface area (Å²) in [6.07, 6.45) is 2.48. The zero-order chi connectivity index (χ0) is 18.5. The third kappa shape index (κ3) is 4.19. The molecule has 1 aromatic carbocycles. The number of rotatable bonds is 7. The fourth-order valence-corrected chi connectivity index (χ4v) is 3.81. The van der Waals surface area contributed by atoms with Crippen molar-refractivity contribution in [3.05, 3.63) is 63.0 Å². The van der Waals surface area contributed by atoms with Crippen LogP contribution in [0.5, 0.6) is 0 Å². The van der Waals surface area contributed by atoms with Crippen LogP contribution in [0.3, 0.4) is 0 Å². The van der Waals surface area contributed by atoms with Crippen molar-refractivity contribution in [2.24, 2.45) is 0 Å². The van der Waals surface area contributed by atoms with Crippen molar-refractivity contribution in [1.29, 1.82) is 0 Å². The van der Waals surface area contributed by atoms with E-state index in [-0.39, 0.29) is 12.1 Å². The van der Waals surface area contributed by atoms with Crippen molar-refractivity contribution in [3.8, 4) is 0 Å². The number of nitrogens with zero attached hydrogens (tertiary/aromatic N) is 2. The number of aryl methyl sites for hydroxylation is 3. The number of carbonyl (C=O) groups excluding carboxylic acids is 1. The van der Waals surface area contributed by atoms with Gasteiger partial charge in [-0.1, -0.05) is 37.3 Å². The molecule has 136 valence electrons. The lowest BCUT2D eigenvalue weighted by Crippen LogP contribution is -2.28.